The van der Waals surface area contributed by atoms with Crippen molar-refractivity contribution in [1.82, 2.24) is 4.90 Å². The number of hydrogen-bond acceptors (Lipinski definition) is 2. The first-order valence-electron chi connectivity index (χ1n) is 9.77. The molecule has 1 aliphatic heterocycles. The molecule has 28 heavy (non-hydrogen) atoms. The zero-order valence-corrected chi connectivity index (χ0v) is 16.0. The van der Waals surface area contributed by atoms with E-state index >= 15 is 0 Å². The summed E-state index contributed by atoms with van der Waals surface area (Å²) in [5.74, 6) is -0.156. The molecule has 0 aromatic heterocycles. The normalized spacial score (nSPS) is 19.6. The predicted octanol–water partition coefficient (Wildman–Crippen LogP) is 4.18. The number of aliphatic hydroxyl groups excluding tert-OH is 1. The molecular weight excluding hydrogens is 346 g/mol. The van der Waals surface area contributed by atoms with E-state index in [2.05, 4.69) is 19.1 Å². The van der Waals surface area contributed by atoms with Gasteiger partial charge in [-0.2, -0.15) is 0 Å². The van der Waals surface area contributed by atoms with Gasteiger partial charge in [0, 0.05) is 19.1 Å². The highest BCUT2D eigenvalue weighted by atomic mass is 16.3. The average Bonchev–Trinajstić information content (AvgIpc) is 3.08. The van der Waals surface area contributed by atoms with E-state index in [9.17, 15) is 9.90 Å². The van der Waals surface area contributed by atoms with Crippen LogP contribution >= 0.6 is 0 Å². The highest BCUT2D eigenvalue weighted by molar-refractivity contribution is 5.95. The quantitative estimate of drug-likeness (QED) is 0.731. The summed E-state index contributed by atoms with van der Waals surface area (Å²) in [4.78, 5) is 16.0. The number of likely N-dealkylation sites (tertiary alicyclic amines) is 1. The maximum Gasteiger partial charge on any atom is 0.238 e. The number of carbonyl (C=O) groups is 1. The Balaban J connectivity index is 1.87. The smallest absolute Gasteiger partial charge is 0.238 e. The van der Waals surface area contributed by atoms with Crippen molar-refractivity contribution in [3.63, 3.8) is 0 Å². The van der Waals surface area contributed by atoms with Crippen LogP contribution in [0.25, 0.3) is 0 Å². The Labute approximate surface area is 166 Å². The summed E-state index contributed by atoms with van der Waals surface area (Å²) in [7, 11) is 0. The molecule has 142 valence electrons. The number of nitrogens with zero attached hydrogens (tertiary/aromatic N) is 1. The second kappa shape index (κ2) is 7.61. The van der Waals surface area contributed by atoms with Gasteiger partial charge in [-0.15, -0.1) is 0 Å². The van der Waals surface area contributed by atoms with E-state index in [1.807, 2.05) is 83.8 Å². The van der Waals surface area contributed by atoms with Crippen LogP contribution < -0.4 is 0 Å². The molecule has 1 N–H and O–H groups in total. The van der Waals surface area contributed by atoms with E-state index in [4.69, 9.17) is 0 Å². The second-order valence-electron chi connectivity index (χ2n) is 7.46. The van der Waals surface area contributed by atoms with Crippen LogP contribution in [0.2, 0.25) is 0 Å². The molecule has 2 atom stereocenters. The fraction of sp³-hybridized carbons (Fsp3) is 0.240. The molecule has 0 bridgehead atoms. The number of rotatable bonds is 5. The summed E-state index contributed by atoms with van der Waals surface area (Å²) in [6.45, 7) is 2.54. The minimum Gasteiger partial charge on any atom is -0.396 e. The van der Waals surface area contributed by atoms with Gasteiger partial charge in [0.05, 0.1) is 6.04 Å². The van der Waals surface area contributed by atoms with Gasteiger partial charge in [-0.1, -0.05) is 91.0 Å². The molecule has 0 saturated carbocycles. The molecule has 1 amide bonds. The Morgan fingerprint density at radius 3 is 1.82 bits per heavy atom. The van der Waals surface area contributed by atoms with E-state index < -0.39 is 5.41 Å². The maximum absolute atomic E-state index is 14.0. The first kappa shape index (κ1) is 18.5. The van der Waals surface area contributed by atoms with Crippen molar-refractivity contribution in [2.24, 2.45) is 5.92 Å². The molecule has 1 saturated heterocycles. The van der Waals surface area contributed by atoms with E-state index in [1.165, 1.54) is 0 Å². The molecule has 4 rings (SSSR count). The zero-order valence-electron chi connectivity index (χ0n) is 16.0. The van der Waals surface area contributed by atoms with Crippen molar-refractivity contribution < 1.29 is 9.90 Å². The highest BCUT2D eigenvalue weighted by Gasteiger charge is 2.56. The summed E-state index contributed by atoms with van der Waals surface area (Å²) < 4.78 is 0. The van der Waals surface area contributed by atoms with Gasteiger partial charge < -0.3 is 10.0 Å². The van der Waals surface area contributed by atoms with Crippen LogP contribution in [-0.2, 0) is 10.2 Å². The minimum atomic E-state index is -0.875. The fourth-order valence-electron chi connectivity index (χ4n) is 4.59. The Hall–Kier alpha value is -2.91. The summed E-state index contributed by atoms with van der Waals surface area (Å²) in [5.41, 5.74) is 2.10. The van der Waals surface area contributed by atoms with Gasteiger partial charge in [0.15, 0.2) is 0 Å². The number of benzene rings is 3. The molecule has 3 nitrogen and oxygen atoms in total. The Morgan fingerprint density at radius 2 is 1.36 bits per heavy atom. The van der Waals surface area contributed by atoms with Crippen LogP contribution in [0.15, 0.2) is 91.0 Å². The number of hydrogen-bond donors (Lipinski definition) is 1. The number of amides is 1. The van der Waals surface area contributed by atoms with Crippen LogP contribution in [0.4, 0.5) is 0 Å². The van der Waals surface area contributed by atoms with Gasteiger partial charge in [-0.3, -0.25) is 4.79 Å². The SMILES string of the molecule is CC(c1ccccc1)N1CC(CO)C(c2ccccc2)(c2ccccc2)C1=O. The predicted molar refractivity (Wildman–Crippen MR) is 111 cm³/mol. The van der Waals surface area contributed by atoms with Gasteiger partial charge in [0.1, 0.15) is 5.41 Å². The largest absolute Gasteiger partial charge is 0.396 e. The lowest BCUT2D eigenvalue weighted by molar-refractivity contribution is -0.133. The van der Waals surface area contributed by atoms with Crippen LogP contribution in [-0.4, -0.2) is 29.1 Å². The Bertz CT molecular complexity index is 885. The summed E-state index contributed by atoms with van der Waals surface area (Å²) in [5, 5.41) is 10.3. The average molecular weight is 371 g/mol. The van der Waals surface area contributed by atoms with Crippen LogP contribution in [0, 0.1) is 5.92 Å². The summed E-state index contributed by atoms with van der Waals surface area (Å²) in [6, 6.07) is 29.8. The molecule has 0 spiro atoms. The Kier molecular flexibility index (Phi) is 5.01. The standard InChI is InChI=1S/C25H25NO2/c1-19(20-11-5-2-6-12-20)26-17-23(18-27)25(24(26)28,21-13-7-3-8-14-21)22-15-9-4-10-16-22/h2-16,19,23,27H,17-18H2,1H3. The Morgan fingerprint density at radius 1 is 0.893 bits per heavy atom. The van der Waals surface area contributed by atoms with Gasteiger partial charge in [0.25, 0.3) is 0 Å². The highest BCUT2D eigenvalue weighted by Crippen LogP contribution is 2.47. The fourth-order valence-corrected chi connectivity index (χ4v) is 4.59. The van der Waals surface area contributed by atoms with Gasteiger partial charge in [0.2, 0.25) is 5.91 Å². The molecule has 3 aromatic rings. The lowest BCUT2D eigenvalue weighted by Gasteiger charge is -2.34. The second-order valence-corrected chi connectivity index (χ2v) is 7.46. The van der Waals surface area contributed by atoms with E-state index in [0.717, 1.165) is 16.7 Å². The van der Waals surface area contributed by atoms with Crippen molar-refractivity contribution in [3.05, 3.63) is 108 Å². The third-order valence-electron chi connectivity index (χ3n) is 6.06. The molecular formula is C25H25NO2. The zero-order chi connectivity index (χ0) is 19.6. The molecule has 1 aliphatic rings. The van der Waals surface area contributed by atoms with Crippen molar-refractivity contribution in [2.45, 2.75) is 18.4 Å². The first-order chi connectivity index (χ1) is 13.7. The monoisotopic (exact) mass is 371 g/mol. The number of aliphatic hydroxyl groups is 1. The van der Waals surface area contributed by atoms with Crippen LogP contribution in [0.3, 0.4) is 0 Å². The topological polar surface area (TPSA) is 40.5 Å². The van der Waals surface area contributed by atoms with Gasteiger partial charge in [-0.25, -0.2) is 0 Å². The third-order valence-corrected chi connectivity index (χ3v) is 6.06. The van der Waals surface area contributed by atoms with E-state index in [0.29, 0.717) is 6.54 Å². The van der Waals surface area contributed by atoms with E-state index in [-0.39, 0.29) is 24.5 Å². The van der Waals surface area contributed by atoms with Crippen LogP contribution in [0.1, 0.15) is 29.7 Å². The van der Waals surface area contributed by atoms with Gasteiger partial charge >= 0.3 is 0 Å². The van der Waals surface area contributed by atoms with Crippen molar-refractivity contribution in [1.29, 1.82) is 0 Å². The first-order valence-corrected chi connectivity index (χ1v) is 9.77. The molecule has 3 aromatic carbocycles. The maximum atomic E-state index is 14.0. The van der Waals surface area contributed by atoms with Crippen molar-refractivity contribution >= 4 is 5.91 Å². The summed E-state index contributed by atoms with van der Waals surface area (Å²) >= 11 is 0. The number of carbonyl (C=O) groups excluding carboxylic acids is 1. The molecule has 2 unspecified atom stereocenters. The molecule has 3 heteroatoms. The minimum absolute atomic E-state index is 0.0481. The van der Waals surface area contributed by atoms with Gasteiger partial charge in [-0.05, 0) is 23.6 Å². The molecule has 1 heterocycles. The summed E-state index contributed by atoms with van der Waals surface area (Å²) in [6.07, 6.45) is 0. The van der Waals surface area contributed by atoms with Crippen molar-refractivity contribution in [3.8, 4) is 0 Å². The third kappa shape index (κ3) is 2.83. The van der Waals surface area contributed by atoms with Crippen LogP contribution in [0.5, 0.6) is 0 Å². The lowest BCUT2D eigenvalue weighted by atomic mass is 9.67. The van der Waals surface area contributed by atoms with Crippen molar-refractivity contribution in [2.75, 3.05) is 13.2 Å². The molecule has 1 fully saturated rings. The van der Waals surface area contributed by atoms with E-state index in [1.54, 1.807) is 0 Å². The molecule has 0 radical (unpaired) electrons. The lowest BCUT2D eigenvalue weighted by Crippen LogP contribution is -2.43. The molecule has 0 aliphatic carbocycles.